The van der Waals surface area contributed by atoms with Crippen molar-refractivity contribution in [3.8, 4) is 11.3 Å². The van der Waals surface area contributed by atoms with Crippen molar-refractivity contribution in [1.29, 1.82) is 0 Å². The number of benzene rings is 1. The van der Waals surface area contributed by atoms with Crippen molar-refractivity contribution in [3.63, 3.8) is 0 Å². The first-order valence-corrected chi connectivity index (χ1v) is 5.80. The van der Waals surface area contributed by atoms with Crippen LogP contribution in [0.5, 0.6) is 0 Å². The summed E-state index contributed by atoms with van der Waals surface area (Å²) in [6, 6.07) is 7.07. The van der Waals surface area contributed by atoms with Crippen LogP contribution in [0.3, 0.4) is 0 Å². The Labute approximate surface area is 96.1 Å². The molecule has 1 aromatic heterocycles. The van der Waals surface area contributed by atoms with E-state index in [4.69, 9.17) is 5.73 Å². The molecule has 0 saturated heterocycles. The zero-order valence-corrected chi connectivity index (χ0v) is 9.41. The molecule has 1 heterocycles. The lowest BCUT2D eigenvalue weighted by atomic mass is 10.1. The normalized spacial score (nSPS) is 10.3. The Morgan fingerprint density at radius 3 is 2.75 bits per heavy atom. The number of hydrogen-bond donors (Lipinski definition) is 2. The summed E-state index contributed by atoms with van der Waals surface area (Å²) in [7, 11) is 0. The van der Waals surface area contributed by atoms with Gasteiger partial charge in [0.25, 0.3) is 0 Å². The Balaban J connectivity index is 2.58. The number of nitrogens with two attached hydrogens (primary N) is 1. The quantitative estimate of drug-likeness (QED) is 0.601. The van der Waals surface area contributed by atoms with Gasteiger partial charge in [-0.15, -0.1) is 0 Å². The van der Waals surface area contributed by atoms with Crippen LogP contribution in [-0.2, 0) is 0 Å². The van der Waals surface area contributed by atoms with Crippen molar-refractivity contribution in [2.75, 3.05) is 12.0 Å². The minimum absolute atomic E-state index is 0.246. The first kappa shape index (κ1) is 10.7. The molecule has 0 saturated carbocycles. The number of hydrogen-bond acceptors (Lipinski definition) is 5. The molecule has 0 spiro atoms. The number of H-pyrrole nitrogens is 1. The van der Waals surface area contributed by atoms with E-state index in [0.29, 0.717) is 16.4 Å². The van der Waals surface area contributed by atoms with Gasteiger partial charge in [-0.25, -0.2) is 0 Å². The van der Waals surface area contributed by atoms with E-state index < -0.39 is 0 Å². The van der Waals surface area contributed by atoms with Gasteiger partial charge in [-0.3, -0.25) is 9.89 Å². The largest absolute Gasteiger partial charge is 0.398 e. The Kier molecular flexibility index (Phi) is 2.91. The van der Waals surface area contributed by atoms with Gasteiger partial charge in [0.15, 0.2) is 10.9 Å². The van der Waals surface area contributed by atoms with Crippen molar-refractivity contribution < 1.29 is 0 Å². The minimum Gasteiger partial charge on any atom is -0.398 e. The van der Waals surface area contributed by atoms with Crippen molar-refractivity contribution in [2.24, 2.45) is 0 Å². The zero-order chi connectivity index (χ0) is 11.5. The summed E-state index contributed by atoms with van der Waals surface area (Å²) >= 11 is 1.33. The number of nitrogens with one attached hydrogen (secondary N) is 1. The van der Waals surface area contributed by atoms with Crippen molar-refractivity contribution in [3.05, 3.63) is 34.6 Å². The zero-order valence-electron chi connectivity index (χ0n) is 8.60. The summed E-state index contributed by atoms with van der Waals surface area (Å²) in [4.78, 5) is 15.5. The maximum absolute atomic E-state index is 11.7. The Bertz CT molecular complexity index is 567. The molecule has 6 heteroatoms. The second kappa shape index (κ2) is 4.36. The molecule has 2 rings (SSSR count). The fourth-order valence-electron chi connectivity index (χ4n) is 1.30. The molecule has 0 atom stereocenters. The van der Waals surface area contributed by atoms with E-state index in [2.05, 4.69) is 15.2 Å². The summed E-state index contributed by atoms with van der Waals surface area (Å²) in [6.45, 7) is 0. The van der Waals surface area contributed by atoms with Crippen LogP contribution in [0.4, 0.5) is 5.69 Å². The third-order valence-electron chi connectivity index (χ3n) is 2.08. The van der Waals surface area contributed by atoms with Crippen molar-refractivity contribution >= 4 is 17.4 Å². The highest BCUT2D eigenvalue weighted by atomic mass is 32.2. The average molecular weight is 234 g/mol. The summed E-state index contributed by atoms with van der Waals surface area (Å²) in [5, 5.41) is 7.17. The SMILES string of the molecule is CSc1nc(=O)c(-c2ccccc2N)n[nH]1. The fraction of sp³-hybridized carbons (Fsp3) is 0.100. The van der Waals surface area contributed by atoms with Crippen LogP contribution in [0.2, 0.25) is 0 Å². The lowest BCUT2D eigenvalue weighted by molar-refractivity contribution is 0.826. The predicted octanol–water partition coefficient (Wildman–Crippen LogP) is 1.14. The van der Waals surface area contributed by atoms with E-state index in [1.54, 1.807) is 24.3 Å². The summed E-state index contributed by atoms with van der Waals surface area (Å²) in [5.41, 5.74) is 6.75. The van der Waals surface area contributed by atoms with Crippen LogP contribution in [-0.4, -0.2) is 21.4 Å². The van der Waals surface area contributed by atoms with E-state index in [1.165, 1.54) is 11.8 Å². The van der Waals surface area contributed by atoms with E-state index in [-0.39, 0.29) is 11.3 Å². The number of rotatable bonds is 2. The summed E-state index contributed by atoms with van der Waals surface area (Å²) in [6.07, 6.45) is 1.82. The molecule has 0 amide bonds. The molecule has 5 nitrogen and oxygen atoms in total. The molecule has 0 radical (unpaired) electrons. The second-order valence-electron chi connectivity index (χ2n) is 3.09. The topological polar surface area (TPSA) is 84.7 Å². The molecule has 0 fully saturated rings. The number of thioether (sulfide) groups is 1. The average Bonchev–Trinajstić information content (AvgIpc) is 2.30. The number of para-hydroxylation sites is 1. The Morgan fingerprint density at radius 2 is 2.12 bits per heavy atom. The Morgan fingerprint density at radius 1 is 1.38 bits per heavy atom. The standard InChI is InChI=1S/C10H10N4OS/c1-16-10-12-9(15)8(13-14-10)6-4-2-3-5-7(6)11/h2-5H,11H2,1H3,(H,12,14,15). The van der Waals surface area contributed by atoms with Crippen LogP contribution >= 0.6 is 11.8 Å². The lowest BCUT2D eigenvalue weighted by Gasteiger charge is -2.03. The number of aromatic amines is 1. The van der Waals surface area contributed by atoms with Crippen LogP contribution in [0.15, 0.2) is 34.2 Å². The van der Waals surface area contributed by atoms with Gasteiger partial charge in [0.1, 0.15) is 0 Å². The van der Waals surface area contributed by atoms with E-state index in [0.717, 1.165) is 0 Å². The molecule has 82 valence electrons. The summed E-state index contributed by atoms with van der Waals surface area (Å²) < 4.78 is 0. The molecule has 16 heavy (non-hydrogen) atoms. The number of aromatic nitrogens is 3. The number of nitrogen functional groups attached to an aromatic ring is 1. The molecular formula is C10H10N4OS. The molecule has 1 aromatic carbocycles. The Hall–Kier alpha value is -1.82. The number of nitrogens with zero attached hydrogens (tertiary/aromatic N) is 2. The lowest BCUT2D eigenvalue weighted by Crippen LogP contribution is -2.14. The van der Waals surface area contributed by atoms with Crippen LogP contribution < -0.4 is 11.3 Å². The maximum atomic E-state index is 11.7. The minimum atomic E-state index is -0.374. The van der Waals surface area contributed by atoms with Gasteiger partial charge in [-0.05, 0) is 12.3 Å². The van der Waals surface area contributed by atoms with Gasteiger partial charge in [-0.1, -0.05) is 30.0 Å². The van der Waals surface area contributed by atoms with Gasteiger partial charge in [0, 0.05) is 11.3 Å². The van der Waals surface area contributed by atoms with E-state index >= 15 is 0 Å². The highest BCUT2D eigenvalue weighted by Crippen LogP contribution is 2.20. The van der Waals surface area contributed by atoms with Gasteiger partial charge < -0.3 is 5.73 Å². The molecule has 2 aromatic rings. The maximum Gasteiger partial charge on any atom is 0.300 e. The van der Waals surface area contributed by atoms with E-state index in [1.807, 2.05) is 6.26 Å². The highest BCUT2D eigenvalue weighted by Gasteiger charge is 2.09. The monoisotopic (exact) mass is 234 g/mol. The molecule has 0 unspecified atom stereocenters. The first-order chi connectivity index (χ1) is 7.72. The third kappa shape index (κ3) is 1.92. The van der Waals surface area contributed by atoms with Crippen molar-refractivity contribution in [2.45, 2.75) is 5.16 Å². The van der Waals surface area contributed by atoms with Crippen LogP contribution in [0.25, 0.3) is 11.3 Å². The second-order valence-corrected chi connectivity index (χ2v) is 3.88. The molecular weight excluding hydrogens is 224 g/mol. The van der Waals surface area contributed by atoms with Gasteiger partial charge in [0.05, 0.1) is 0 Å². The number of anilines is 1. The smallest absolute Gasteiger partial charge is 0.300 e. The summed E-state index contributed by atoms with van der Waals surface area (Å²) in [5.74, 6) is 0. The van der Waals surface area contributed by atoms with E-state index in [9.17, 15) is 4.79 Å². The highest BCUT2D eigenvalue weighted by molar-refractivity contribution is 7.98. The van der Waals surface area contributed by atoms with Gasteiger partial charge in [-0.2, -0.15) is 10.1 Å². The molecule has 0 bridgehead atoms. The first-order valence-electron chi connectivity index (χ1n) is 4.58. The van der Waals surface area contributed by atoms with Crippen molar-refractivity contribution in [1.82, 2.24) is 15.2 Å². The third-order valence-corrected chi connectivity index (χ3v) is 2.65. The fourth-order valence-corrected chi connectivity index (χ4v) is 1.61. The molecule has 0 aliphatic carbocycles. The van der Waals surface area contributed by atoms with Crippen LogP contribution in [0, 0.1) is 0 Å². The molecule has 0 aliphatic rings. The van der Waals surface area contributed by atoms with Gasteiger partial charge in [0.2, 0.25) is 0 Å². The molecule has 3 N–H and O–H groups in total. The van der Waals surface area contributed by atoms with Crippen LogP contribution in [0.1, 0.15) is 0 Å². The molecule has 0 aliphatic heterocycles. The predicted molar refractivity (Wildman–Crippen MR) is 64.3 cm³/mol. The van der Waals surface area contributed by atoms with Gasteiger partial charge >= 0.3 is 5.56 Å².